The van der Waals surface area contributed by atoms with Gasteiger partial charge in [-0.15, -0.1) is 0 Å². The number of carboxylic acid groups (broad SMARTS) is 1. The van der Waals surface area contributed by atoms with E-state index < -0.39 is 23.7 Å². The third-order valence-corrected chi connectivity index (χ3v) is 7.51. The Kier molecular flexibility index (Phi) is 7.11. The van der Waals surface area contributed by atoms with E-state index in [4.69, 9.17) is 0 Å². The average molecular weight is 562 g/mol. The van der Waals surface area contributed by atoms with Gasteiger partial charge in [-0.3, -0.25) is 9.59 Å². The topological polar surface area (TPSA) is 94.9 Å². The van der Waals surface area contributed by atoms with E-state index in [9.17, 15) is 24.6 Å². The molecule has 0 radical (unpaired) electrons. The lowest BCUT2D eigenvalue weighted by atomic mass is 9.85. The maximum absolute atomic E-state index is 13.3. The van der Waals surface area contributed by atoms with Gasteiger partial charge < -0.3 is 15.1 Å². The van der Waals surface area contributed by atoms with E-state index in [0.717, 1.165) is 15.6 Å². The van der Waals surface area contributed by atoms with Crippen LogP contribution in [0, 0.1) is 6.92 Å². The van der Waals surface area contributed by atoms with Crippen molar-refractivity contribution in [3.05, 3.63) is 110 Å². The zero-order chi connectivity index (χ0) is 27.1. The van der Waals surface area contributed by atoms with Gasteiger partial charge in [0.2, 0.25) is 0 Å². The average Bonchev–Trinajstić information content (AvgIpc) is 3.10. The van der Waals surface area contributed by atoms with E-state index in [1.807, 2.05) is 31.2 Å². The minimum atomic E-state index is -1.05. The number of hydrogen-bond donors (Lipinski definition) is 2. The number of halogens is 1. The fraction of sp³-hybridized carbons (Fsp3) is 0.233. The monoisotopic (exact) mass is 561 g/mol. The van der Waals surface area contributed by atoms with Gasteiger partial charge in [0.1, 0.15) is 5.76 Å². The second-order valence-corrected chi connectivity index (χ2v) is 11.1. The number of benzene rings is 3. The van der Waals surface area contributed by atoms with Crippen LogP contribution in [0.1, 0.15) is 65.0 Å². The Balaban J connectivity index is 1.84. The molecule has 3 aromatic rings. The highest BCUT2D eigenvalue weighted by Crippen LogP contribution is 2.41. The first kappa shape index (κ1) is 26.4. The van der Waals surface area contributed by atoms with Gasteiger partial charge in [0.05, 0.1) is 17.2 Å². The maximum atomic E-state index is 13.3. The number of aromatic carboxylic acids is 1. The Morgan fingerprint density at radius 1 is 0.919 bits per heavy atom. The molecule has 0 aromatic heterocycles. The molecule has 1 aliphatic heterocycles. The van der Waals surface area contributed by atoms with Crippen LogP contribution in [0.2, 0.25) is 0 Å². The third-order valence-electron chi connectivity index (χ3n) is 6.62. The molecule has 0 aliphatic carbocycles. The lowest BCUT2D eigenvalue weighted by Gasteiger charge is -2.26. The van der Waals surface area contributed by atoms with E-state index in [1.165, 1.54) is 17.0 Å². The second kappa shape index (κ2) is 9.98. The van der Waals surface area contributed by atoms with Crippen LogP contribution in [-0.2, 0) is 21.5 Å². The molecule has 6 nitrogen and oxygen atoms in total. The van der Waals surface area contributed by atoms with Crippen LogP contribution in [-0.4, -0.2) is 32.8 Å². The van der Waals surface area contributed by atoms with Crippen molar-refractivity contribution < 1.29 is 24.6 Å². The van der Waals surface area contributed by atoms with Crippen molar-refractivity contribution in [2.45, 2.75) is 45.7 Å². The highest BCUT2D eigenvalue weighted by Gasteiger charge is 2.46. The minimum absolute atomic E-state index is 0.0254. The summed E-state index contributed by atoms with van der Waals surface area (Å²) in [5.41, 5.74) is 3.86. The molecule has 1 saturated heterocycles. The Morgan fingerprint density at radius 2 is 1.51 bits per heavy atom. The van der Waals surface area contributed by atoms with Crippen LogP contribution in [0.3, 0.4) is 0 Å². The summed E-state index contributed by atoms with van der Waals surface area (Å²) >= 11 is 3.45. The van der Waals surface area contributed by atoms with E-state index >= 15 is 0 Å². The quantitative estimate of drug-likeness (QED) is 0.214. The molecule has 7 heteroatoms. The van der Waals surface area contributed by atoms with Gasteiger partial charge in [0.15, 0.2) is 0 Å². The number of likely N-dealkylation sites (tertiary alicyclic amines) is 1. The van der Waals surface area contributed by atoms with E-state index in [-0.39, 0.29) is 28.9 Å². The van der Waals surface area contributed by atoms with Gasteiger partial charge in [-0.25, -0.2) is 4.79 Å². The summed E-state index contributed by atoms with van der Waals surface area (Å²) in [5.74, 6) is -2.76. The van der Waals surface area contributed by atoms with Gasteiger partial charge in [0.25, 0.3) is 11.7 Å². The highest BCUT2D eigenvalue weighted by atomic mass is 79.9. The molecule has 37 heavy (non-hydrogen) atoms. The number of carbonyl (C=O) groups is 3. The number of aliphatic hydroxyl groups is 1. The second-order valence-electron chi connectivity index (χ2n) is 10.3. The number of Topliss-reactive ketones (excluding diaryl/α,β-unsaturated/α-hetero) is 1. The first-order chi connectivity index (χ1) is 17.4. The van der Waals surface area contributed by atoms with Gasteiger partial charge in [-0.05, 0) is 58.9 Å². The molecule has 4 rings (SSSR count). The van der Waals surface area contributed by atoms with Crippen LogP contribution in [0.5, 0.6) is 0 Å². The van der Waals surface area contributed by atoms with E-state index in [1.54, 1.807) is 30.3 Å². The summed E-state index contributed by atoms with van der Waals surface area (Å²) < 4.78 is 0.864. The molecule has 2 N–H and O–H groups in total. The summed E-state index contributed by atoms with van der Waals surface area (Å²) in [4.78, 5) is 39.3. The van der Waals surface area contributed by atoms with Crippen molar-refractivity contribution in [1.29, 1.82) is 0 Å². The number of carboxylic acids is 1. The number of aliphatic hydroxyl groups excluding tert-OH is 1. The molecular formula is C30H28BrNO5. The zero-order valence-corrected chi connectivity index (χ0v) is 22.7. The number of rotatable bonds is 5. The Labute approximate surface area is 224 Å². The lowest BCUT2D eigenvalue weighted by molar-refractivity contribution is -0.140. The standard InChI is InChI=1S/C30H28BrNO5/c1-17-15-21(11-14-23(17)31)26(33)24-25(19-9-12-22(13-10-19)30(2,3)4)32(28(35)27(24)34)16-18-5-7-20(8-6-18)29(36)37/h5-15,25,33H,16H2,1-4H3,(H,36,37)/b26-24-. The van der Waals surface area contributed by atoms with Crippen molar-refractivity contribution in [3.8, 4) is 0 Å². The van der Waals surface area contributed by atoms with Crippen LogP contribution in [0.15, 0.2) is 76.8 Å². The molecule has 190 valence electrons. The lowest BCUT2D eigenvalue weighted by Crippen LogP contribution is -2.29. The Morgan fingerprint density at radius 3 is 2.05 bits per heavy atom. The third kappa shape index (κ3) is 5.23. The normalized spacial score (nSPS) is 17.3. The molecular weight excluding hydrogens is 534 g/mol. The number of aryl methyl sites for hydroxylation is 1. The molecule has 1 aliphatic rings. The van der Waals surface area contributed by atoms with Crippen molar-refractivity contribution in [3.63, 3.8) is 0 Å². The largest absolute Gasteiger partial charge is 0.507 e. The number of nitrogens with zero attached hydrogens (tertiary/aromatic N) is 1. The number of hydrogen-bond acceptors (Lipinski definition) is 4. The molecule has 0 bridgehead atoms. The van der Waals surface area contributed by atoms with E-state index in [2.05, 4.69) is 36.7 Å². The van der Waals surface area contributed by atoms with Crippen LogP contribution >= 0.6 is 15.9 Å². The van der Waals surface area contributed by atoms with Crippen LogP contribution in [0.4, 0.5) is 0 Å². The molecule has 0 spiro atoms. The first-order valence-corrected chi connectivity index (χ1v) is 12.7. The molecule has 1 amide bonds. The number of ketones is 1. The van der Waals surface area contributed by atoms with Gasteiger partial charge in [-0.2, -0.15) is 0 Å². The predicted molar refractivity (Wildman–Crippen MR) is 145 cm³/mol. The van der Waals surface area contributed by atoms with Crippen molar-refractivity contribution in [2.24, 2.45) is 0 Å². The Hall–Kier alpha value is -3.71. The van der Waals surface area contributed by atoms with Crippen LogP contribution < -0.4 is 0 Å². The van der Waals surface area contributed by atoms with Crippen molar-refractivity contribution in [1.82, 2.24) is 4.90 Å². The minimum Gasteiger partial charge on any atom is -0.507 e. The molecule has 1 atom stereocenters. The maximum Gasteiger partial charge on any atom is 0.335 e. The molecule has 1 heterocycles. The fourth-order valence-corrected chi connectivity index (χ4v) is 4.70. The van der Waals surface area contributed by atoms with Gasteiger partial charge in [0, 0.05) is 16.6 Å². The summed E-state index contributed by atoms with van der Waals surface area (Å²) in [6.45, 7) is 8.26. The Bertz CT molecular complexity index is 1420. The van der Waals surface area contributed by atoms with E-state index in [0.29, 0.717) is 16.7 Å². The summed E-state index contributed by atoms with van der Waals surface area (Å²) in [6, 6.07) is 18.3. The molecule has 3 aromatic carbocycles. The summed E-state index contributed by atoms with van der Waals surface area (Å²) in [6.07, 6.45) is 0. The molecule has 1 unspecified atom stereocenters. The van der Waals surface area contributed by atoms with Gasteiger partial charge >= 0.3 is 5.97 Å². The van der Waals surface area contributed by atoms with Crippen LogP contribution in [0.25, 0.3) is 5.76 Å². The van der Waals surface area contributed by atoms with Crippen molar-refractivity contribution >= 4 is 39.3 Å². The molecule has 0 saturated carbocycles. The fourth-order valence-electron chi connectivity index (χ4n) is 4.45. The number of carbonyl (C=O) groups excluding carboxylic acids is 2. The predicted octanol–water partition coefficient (Wildman–Crippen LogP) is 6.38. The number of amides is 1. The van der Waals surface area contributed by atoms with Gasteiger partial charge in [-0.1, -0.05) is 79.2 Å². The van der Waals surface area contributed by atoms with Crippen molar-refractivity contribution in [2.75, 3.05) is 0 Å². The highest BCUT2D eigenvalue weighted by molar-refractivity contribution is 9.10. The molecule has 1 fully saturated rings. The zero-order valence-electron chi connectivity index (χ0n) is 21.1. The first-order valence-electron chi connectivity index (χ1n) is 11.9. The summed E-state index contributed by atoms with van der Waals surface area (Å²) in [5, 5.41) is 20.5. The smallest absolute Gasteiger partial charge is 0.335 e. The summed E-state index contributed by atoms with van der Waals surface area (Å²) in [7, 11) is 0. The SMILES string of the molecule is Cc1cc(/C(O)=C2/C(=O)C(=O)N(Cc3ccc(C(=O)O)cc3)C2c2ccc(C(C)(C)C)cc2)ccc1Br.